The number of para-hydroxylation sites is 2. The summed E-state index contributed by atoms with van der Waals surface area (Å²) in [4.78, 5) is 16.5. The standard InChI is InChI=1S/C18H19F2N3O4/c19-18(20)7-5-11(6-8-18)16-22-15(27-23-16)9-21-17(24)14-10-25-12-3-1-2-4-13(12)26-14/h1-4,11,14H,5-10H2,(H,21,24)/t14-/m1/s1. The van der Waals surface area contributed by atoms with Crippen LogP contribution in [0.25, 0.3) is 0 Å². The fourth-order valence-corrected chi connectivity index (χ4v) is 3.23. The second-order valence-electron chi connectivity index (χ2n) is 6.76. The van der Waals surface area contributed by atoms with Crippen LogP contribution in [0.4, 0.5) is 8.78 Å². The van der Waals surface area contributed by atoms with E-state index in [4.69, 9.17) is 14.0 Å². The number of fused-ring (bicyclic) bond motifs is 1. The van der Waals surface area contributed by atoms with E-state index >= 15 is 0 Å². The van der Waals surface area contributed by atoms with Crippen LogP contribution in [0, 0.1) is 0 Å². The maximum atomic E-state index is 13.2. The molecule has 1 aliphatic heterocycles. The van der Waals surface area contributed by atoms with Gasteiger partial charge in [0.05, 0.1) is 6.54 Å². The number of aromatic nitrogens is 2. The number of alkyl halides is 2. The van der Waals surface area contributed by atoms with Crippen LogP contribution in [-0.4, -0.2) is 34.7 Å². The van der Waals surface area contributed by atoms with Gasteiger partial charge in [-0.2, -0.15) is 4.98 Å². The number of hydrogen-bond acceptors (Lipinski definition) is 6. The third-order valence-corrected chi connectivity index (χ3v) is 4.78. The summed E-state index contributed by atoms with van der Waals surface area (Å²) in [6.45, 7) is 0.143. The molecule has 1 saturated carbocycles. The third-order valence-electron chi connectivity index (χ3n) is 4.78. The maximum absolute atomic E-state index is 13.2. The van der Waals surface area contributed by atoms with Crippen molar-refractivity contribution in [2.24, 2.45) is 0 Å². The molecule has 1 aliphatic carbocycles. The van der Waals surface area contributed by atoms with Crippen LogP contribution in [0.15, 0.2) is 28.8 Å². The zero-order valence-electron chi connectivity index (χ0n) is 14.5. The number of rotatable bonds is 4. The van der Waals surface area contributed by atoms with E-state index in [1.165, 1.54) is 0 Å². The van der Waals surface area contributed by atoms with Crippen molar-refractivity contribution in [2.45, 2.75) is 50.2 Å². The predicted octanol–water partition coefficient (Wildman–Crippen LogP) is 2.82. The van der Waals surface area contributed by atoms with Gasteiger partial charge in [-0.1, -0.05) is 17.3 Å². The molecular formula is C18H19F2N3O4. The molecule has 7 nitrogen and oxygen atoms in total. The van der Waals surface area contributed by atoms with Crippen LogP contribution in [0.1, 0.15) is 43.3 Å². The molecule has 4 rings (SSSR count). The van der Waals surface area contributed by atoms with Gasteiger partial charge in [-0.15, -0.1) is 0 Å². The highest BCUT2D eigenvalue weighted by atomic mass is 19.3. The number of amides is 1. The van der Waals surface area contributed by atoms with Crippen LogP contribution in [0.2, 0.25) is 0 Å². The number of hydrogen-bond donors (Lipinski definition) is 1. The number of ether oxygens (including phenoxy) is 2. The molecule has 0 bridgehead atoms. The zero-order chi connectivity index (χ0) is 18.9. The first-order valence-corrected chi connectivity index (χ1v) is 8.87. The van der Waals surface area contributed by atoms with Gasteiger partial charge >= 0.3 is 0 Å². The molecule has 1 amide bonds. The van der Waals surface area contributed by atoms with E-state index in [1.54, 1.807) is 18.2 Å². The minimum absolute atomic E-state index is 0.0379. The summed E-state index contributed by atoms with van der Waals surface area (Å²) in [6, 6.07) is 7.12. The summed E-state index contributed by atoms with van der Waals surface area (Å²) < 4.78 is 42.8. The highest BCUT2D eigenvalue weighted by Gasteiger charge is 2.37. The first kappa shape index (κ1) is 17.7. The molecule has 1 aromatic carbocycles. The van der Waals surface area contributed by atoms with Gasteiger partial charge in [-0.3, -0.25) is 4.79 Å². The summed E-state index contributed by atoms with van der Waals surface area (Å²) in [5, 5.41) is 6.54. The first-order valence-electron chi connectivity index (χ1n) is 8.87. The third kappa shape index (κ3) is 4.01. The van der Waals surface area contributed by atoms with E-state index in [2.05, 4.69) is 15.5 Å². The molecule has 1 atom stereocenters. The Kier molecular flexibility index (Phi) is 4.67. The average molecular weight is 379 g/mol. The van der Waals surface area contributed by atoms with Gasteiger partial charge in [0.15, 0.2) is 17.3 Å². The summed E-state index contributed by atoms with van der Waals surface area (Å²) in [7, 11) is 0. The van der Waals surface area contributed by atoms with Crippen molar-refractivity contribution in [1.82, 2.24) is 15.5 Å². The highest BCUT2D eigenvalue weighted by molar-refractivity contribution is 5.81. The lowest BCUT2D eigenvalue weighted by molar-refractivity contribution is -0.130. The Hall–Kier alpha value is -2.71. The van der Waals surface area contributed by atoms with Gasteiger partial charge in [0.1, 0.15) is 6.61 Å². The van der Waals surface area contributed by atoms with Crippen molar-refractivity contribution >= 4 is 5.91 Å². The molecule has 9 heteroatoms. The number of carbonyl (C=O) groups excluding carboxylic acids is 1. The van der Waals surface area contributed by atoms with Crippen molar-refractivity contribution in [1.29, 1.82) is 0 Å². The monoisotopic (exact) mass is 379 g/mol. The number of nitrogens with zero attached hydrogens (tertiary/aromatic N) is 2. The molecule has 2 aliphatic rings. The number of halogens is 2. The Morgan fingerprint density at radius 3 is 2.74 bits per heavy atom. The molecular weight excluding hydrogens is 360 g/mol. The summed E-state index contributed by atoms with van der Waals surface area (Å²) >= 11 is 0. The smallest absolute Gasteiger partial charge is 0.265 e. The maximum Gasteiger partial charge on any atom is 0.265 e. The van der Waals surface area contributed by atoms with Crippen LogP contribution >= 0.6 is 0 Å². The van der Waals surface area contributed by atoms with Crippen molar-refractivity contribution in [3.63, 3.8) is 0 Å². The second-order valence-corrected chi connectivity index (χ2v) is 6.76. The van der Waals surface area contributed by atoms with E-state index in [-0.39, 0.29) is 43.7 Å². The van der Waals surface area contributed by atoms with Gasteiger partial charge < -0.3 is 19.3 Å². The Morgan fingerprint density at radius 2 is 1.96 bits per heavy atom. The van der Waals surface area contributed by atoms with Gasteiger partial charge in [0.25, 0.3) is 5.91 Å². The minimum Gasteiger partial charge on any atom is -0.485 e. The zero-order valence-corrected chi connectivity index (χ0v) is 14.5. The van der Waals surface area contributed by atoms with E-state index in [1.807, 2.05) is 6.07 Å². The molecule has 2 heterocycles. The Balaban J connectivity index is 1.30. The second kappa shape index (κ2) is 7.13. The van der Waals surface area contributed by atoms with Gasteiger partial charge in [-0.05, 0) is 25.0 Å². The fourth-order valence-electron chi connectivity index (χ4n) is 3.23. The molecule has 27 heavy (non-hydrogen) atoms. The SMILES string of the molecule is O=C(NCc1nc(C2CCC(F)(F)CC2)no1)[C@H]1COc2ccccc2O1. The lowest BCUT2D eigenvalue weighted by Crippen LogP contribution is -2.43. The first-order chi connectivity index (χ1) is 13.0. The Morgan fingerprint density at radius 1 is 1.22 bits per heavy atom. The van der Waals surface area contributed by atoms with E-state index in [0.717, 1.165) is 0 Å². The lowest BCUT2D eigenvalue weighted by Gasteiger charge is -2.26. The van der Waals surface area contributed by atoms with Crippen LogP contribution in [0.5, 0.6) is 11.5 Å². The predicted molar refractivity (Wildman–Crippen MR) is 88.7 cm³/mol. The molecule has 0 spiro atoms. The highest BCUT2D eigenvalue weighted by Crippen LogP contribution is 2.39. The number of benzene rings is 1. The number of nitrogens with one attached hydrogen (secondary N) is 1. The quantitative estimate of drug-likeness (QED) is 0.879. The normalized spacial score (nSPS) is 21.6. The van der Waals surface area contributed by atoms with Crippen molar-refractivity contribution in [3.8, 4) is 11.5 Å². The molecule has 0 radical (unpaired) electrons. The molecule has 1 N–H and O–H groups in total. The molecule has 1 aromatic heterocycles. The molecule has 0 saturated heterocycles. The lowest BCUT2D eigenvalue weighted by atomic mass is 9.86. The summed E-state index contributed by atoms with van der Waals surface area (Å²) in [5.41, 5.74) is 0. The molecule has 0 unspecified atom stereocenters. The van der Waals surface area contributed by atoms with Crippen LogP contribution < -0.4 is 14.8 Å². The molecule has 1 fully saturated rings. The average Bonchev–Trinajstić information content (AvgIpc) is 3.14. The Labute approximate surface area is 154 Å². The van der Waals surface area contributed by atoms with E-state index in [9.17, 15) is 13.6 Å². The van der Waals surface area contributed by atoms with Gasteiger partial charge in [0, 0.05) is 18.8 Å². The van der Waals surface area contributed by atoms with Crippen LogP contribution in [-0.2, 0) is 11.3 Å². The van der Waals surface area contributed by atoms with E-state index in [0.29, 0.717) is 30.2 Å². The minimum atomic E-state index is -2.60. The van der Waals surface area contributed by atoms with Crippen molar-refractivity contribution in [2.75, 3.05) is 6.61 Å². The largest absolute Gasteiger partial charge is 0.485 e. The van der Waals surface area contributed by atoms with Gasteiger partial charge in [-0.25, -0.2) is 8.78 Å². The molecule has 144 valence electrons. The van der Waals surface area contributed by atoms with Crippen LogP contribution in [0.3, 0.4) is 0 Å². The fraction of sp³-hybridized carbons (Fsp3) is 0.500. The van der Waals surface area contributed by atoms with Crippen molar-refractivity contribution in [3.05, 3.63) is 36.0 Å². The van der Waals surface area contributed by atoms with Gasteiger partial charge in [0.2, 0.25) is 17.9 Å². The summed E-state index contributed by atoms with van der Waals surface area (Å²) in [6.07, 6.45) is -0.462. The summed E-state index contributed by atoms with van der Waals surface area (Å²) in [5.74, 6) is -1.34. The molecule has 2 aromatic rings. The van der Waals surface area contributed by atoms with Crippen molar-refractivity contribution < 1.29 is 27.6 Å². The van der Waals surface area contributed by atoms with E-state index < -0.39 is 12.0 Å². The Bertz CT molecular complexity index is 816. The number of carbonyl (C=O) groups is 1. The topological polar surface area (TPSA) is 86.5 Å².